The normalized spacial score (nSPS) is 13.2. The second-order valence-corrected chi connectivity index (χ2v) is 30.3. The van der Waals surface area contributed by atoms with Crippen molar-refractivity contribution >= 4 is 71.5 Å². The number of rotatable bonds is 34. The number of aliphatic carboxylic acids is 1. The number of carbonyl (C=O) groups excluding carboxylic acids is 11. The van der Waals surface area contributed by atoms with Crippen LogP contribution in [0.15, 0.2) is 24.8 Å². The quantitative estimate of drug-likeness (QED) is 0.0362. The monoisotopic (exact) mass is 1360 g/mol. The van der Waals surface area contributed by atoms with E-state index in [0.717, 1.165) is 9.80 Å². The van der Waals surface area contributed by atoms with E-state index in [4.69, 9.17) is 33.2 Å². The molecule has 2 aromatic rings. The predicted octanol–water partition coefficient (Wildman–Crippen LogP) is 5.86. The van der Waals surface area contributed by atoms with Crippen molar-refractivity contribution in [1.82, 2.24) is 49.8 Å². The van der Waals surface area contributed by atoms with E-state index in [1.807, 2.05) is 4.90 Å². The van der Waals surface area contributed by atoms with E-state index in [2.05, 4.69) is 25.9 Å². The molecule has 30 heteroatoms. The van der Waals surface area contributed by atoms with Crippen LogP contribution in [0.1, 0.15) is 208 Å². The molecule has 0 fully saturated rings. The molecule has 2 heterocycles. The van der Waals surface area contributed by atoms with Gasteiger partial charge in [-0.15, -0.1) is 0 Å². The number of nitrogens with one attached hydrogen (secondary N) is 3. The highest BCUT2D eigenvalue weighted by atomic mass is 16.6. The Bertz CT molecular complexity index is 2800. The molecule has 4 N–H and O–H groups in total. The number of carboxylic acids is 1. The van der Waals surface area contributed by atoms with Crippen molar-refractivity contribution in [2.75, 3.05) is 32.7 Å². The van der Waals surface area contributed by atoms with Gasteiger partial charge in [0.05, 0.1) is 19.5 Å². The van der Waals surface area contributed by atoms with E-state index < -0.39 is 181 Å². The molecule has 0 saturated heterocycles. The summed E-state index contributed by atoms with van der Waals surface area (Å²) in [5.74, 6) is -8.02. The molecule has 0 aliphatic rings. The first kappa shape index (κ1) is 83.9. The number of hydrogen-bond donors (Lipinski definition) is 4. The SMILES string of the molecule is CC(C)(C)OC(=O)CC[C@H](NC(=O)N[C@@H](CCC(=O)N[C@@H](CCCCN(Cc1nccn1CC(=O)N(CC(=O)OC(C)(C)C)CC(=O)OC(C)(C)C)Cc1nccn1CC(=O)N(CC(=O)OC(C)(C)C)CC(=O)OC(C)(C)C)CC(=O)O)C(=O)OC(C)(C)C)C(=O)OC(C)(C)C. The topological polar surface area (TPSA) is 371 Å². The Morgan fingerprint density at radius 1 is 0.448 bits per heavy atom. The fraction of sp³-hybridized carbons (Fsp3) is 0.727. The van der Waals surface area contributed by atoms with Gasteiger partial charge in [0.25, 0.3) is 0 Å². The minimum absolute atomic E-state index is 0.0105. The molecule has 5 amide bonds. The van der Waals surface area contributed by atoms with E-state index in [0.29, 0.717) is 24.5 Å². The first-order valence-corrected chi connectivity index (χ1v) is 32.1. The molecule has 0 aliphatic heterocycles. The van der Waals surface area contributed by atoms with Gasteiger partial charge < -0.3 is 73.1 Å². The summed E-state index contributed by atoms with van der Waals surface area (Å²) < 4.78 is 41.5. The van der Waals surface area contributed by atoms with Crippen LogP contribution in [0.2, 0.25) is 0 Å². The van der Waals surface area contributed by atoms with E-state index in [-0.39, 0.29) is 45.3 Å². The van der Waals surface area contributed by atoms with Crippen molar-refractivity contribution in [1.29, 1.82) is 0 Å². The van der Waals surface area contributed by atoms with Crippen molar-refractivity contribution in [3.05, 3.63) is 36.4 Å². The lowest BCUT2D eigenvalue weighted by molar-refractivity contribution is -0.165. The van der Waals surface area contributed by atoms with Gasteiger partial charge in [0, 0.05) is 43.7 Å². The van der Waals surface area contributed by atoms with E-state index in [1.54, 1.807) is 145 Å². The summed E-state index contributed by atoms with van der Waals surface area (Å²) in [4.78, 5) is 173. The van der Waals surface area contributed by atoms with Gasteiger partial charge in [0.2, 0.25) is 17.7 Å². The van der Waals surface area contributed by atoms with Crippen LogP contribution < -0.4 is 16.0 Å². The molecule has 0 radical (unpaired) electrons. The van der Waals surface area contributed by atoms with Crippen LogP contribution in [0.5, 0.6) is 0 Å². The molecule has 0 bridgehead atoms. The molecule has 2 rings (SSSR count). The standard InChI is InChI=1S/C66H108N10O20/c1-60(2,3)90-52(82)28-26-45(58(88)96-66(19,20)21)71-59(89)70-44(57(87)95-65(16,17)18)25-27-48(77)69-43(34-51(80)81)24-22-23-31-72(35-46-67-29-32-73(46)37-49(78)75(39-53(83)91-61(4,5)6)40-54(84)92-62(7,8)9)36-47-68-30-33-74(47)38-50(79)76(41-55(85)93-63(10,11)12)42-56(86)94-64(13,14)15/h29-30,32-33,43-45H,22-28,31,34-42H2,1-21H3,(H,69,77)(H,80,81)(H2,70,71,89)/t43-,44-,45-/m0/s1. The van der Waals surface area contributed by atoms with Gasteiger partial charge in [-0.2, -0.15) is 0 Å². The van der Waals surface area contributed by atoms with Crippen molar-refractivity contribution < 1.29 is 95.8 Å². The van der Waals surface area contributed by atoms with Crippen molar-refractivity contribution in [2.45, 2.75) is 280 Å². The third-order valence-corrected chi connectivity index (χ3v) is 12.4. The van der Waals surface area contributed by atoms with Gasteiger partial charge >= 0.3 is 53.8 Å². The number of imidazole rings is 2. The Hall–Kier alpha value is -8.18. The molecule has 2 aromatic heterocycles. The third kappa shape index (κ3) is 37.8. The van der Waals surface area contributed by atoms with Crippen LogP contribution in [0, 0.1) is 0 Å². The van der Waals surface area contributed by atoms with Gasteiger partial charge in [-0.3, -0.25) is 48.1 Å². The molecule has 542 valence electrons. The van der Waals surface area contributed by atoms with Crippen LogP contribution in [0.4, 0.5) is 4.79 Å². The van der Waals surface area contributed by atoms with Gasteiger partial charge in [0.15, 0.2) is 0 Å². The number of aromatic nitrogens is 4. The second-order valence-electron chi connectivity index (χ2n) is 30.3. The lowest BCUT2D eigenvalue weighted by Gasteiger charge is -2.27. The van der Waals surface area contributed by atoms with Gasteiger partial charge in [-0.05, 0) is 178 Å². The summed E-state index contributed by atoms with van der Waals surface area (Å²) in [6, 6.07) is -4.80. The number of carboxylic acid groups (broad SMARTS) is 1. The first-order chi connectivity index (χ1) is 43.7. The number of nitrogens with zero attached hydrogens (tertiary/aromatic N) is 7. The maximum atomic E-state index is 14.2. The number of amides is 5. The predicted molar refractivity (Wildman–Crippen MR) is 348 cm³/mol. The highest BCUT2D eigenvalue weighted by Gasteiger charge is 2.34. The largest absolute Gasteiger partial charge is 0.481 e. The second kappa shape index (κ2) is 36.2. The van der Waals surface area contributed by atoms with Crippen LogP contribution in [0.25, 0.3) is 0 Å². The molecular weight excluding hydrogens is 1250 g/mol. The summed E-state index contributed by atoms with van der Waals surface area (Å²) in [5.41, 5.74) is -6.48. The minimum Gasteiger partial charge on any atom is -0.481 e. The van der Waals surface area contributed by atoms with E-state index in [1.165, 1.54) is 33.9 Å². The Morgan fingerprint density at radius 2 is 0.781 bits per heavy atom. The molecule has 0 spiro atoms. The van der Waals surface area contributed by atoms with Gasteiger partial charge in [0.1, 0.15) is 102 Å². The summed E-state index contributed by atoms with van der Waals surface area (Å²) in [6.07, 6.45) is 4.99. The smallest absolute Gasteiger partial charge is 0.329 e. The van der Waals surface area contributed by atoms with E-state index >= 15 is 0 Å². The van der Waals surface area contributed by atoms with Crippen molar-refractivity contribution in [3.63, 3.8) is 0 Å². The lowest BCUT2D eigenvalue weighted by Crippen LogP contribution is -2.53. The summed E-state index contributed by atoms with van der Waals surface area (Å²) >= 11 is 0. The summed E-state index contributed by atoms with van der Waals surface area (Å²) in [5, 5.41) is 17.7. The van der Waals surface area contributed by atoms with Crippen LogP contribution in [0.3, 0.4) is 0 Å². The van der Waals surface area contributed by atoms with Crippen molar-refractivity contribution in [3.8, 4) is 0 Å². The fourth-order valence-electron chi connectivity index (χ4n) is 8.95. The number of unbranched alkanes of at least 4 members (excludes halogenated alkanes) is 1. The summed E-state index contributed by atoms with van der Waals surface area (Å²) in [7, 11) is 0. The van der Waals surface area contributed by atoms with Crippen molar-refractivity contribution in [2.24, 2.45) is 0 Å². The Labute approximate surface area is 564 Å². The molecule has 0 saturated carbocycles. The zero-order chi connectivity index (χ0) is 73.5. The average molecular weight is 1360 g/mol. The minimum atomic E-state index is -1.46. The molecule has 30 nitrogen and oxygen atoms in total. The number of esters is 7. The van der Waals surface area contributed by atoms with Gasteiger partial charge in [-0.25, -0.2) is 24.4 Å². The molecule has 0 unspecified atom stereocenters. The zero-order valence-electron chi connectivity index (χ0n) is 60.4. The number of urea groups is 1. The molecule has 3 atom stereocenters. The number of hydrogen-bond acceptors (Lipinski definition) is 22. The molecular formula is C66H108N10O20. The van der Waals surface area contributed by atoms with Crippen LogP contribution in [-0.4, -0.2) is 200 Å². The Balaban J connectivity index is 2.53. The summed E-state index contributed by atoms with van der Waals surface area (Å²) in [6.45, 7) is 31.7. The van der Waals surface area contributed by atoms with Gasteiger partial charge in [-0.1, -0.05) is 6.42 Å². The molecule has 96 heavy (non-hydrogen) atoms. The maximum absolute atomic E-state index is 14.2. The number of ether oxygens (including phenoxy) is 7. The van der Waals surface area contributed by atoms with Crippen LogP contribution >= 0.6 is 0 Å². The van der Waals surface area contributed by atoms with E-state index in [9.17, 15) is 62.6 Å². The zero-order valence-corrected chi connectivity index (χ0v) is 60.4. The highest BCUT2D eigenvalue weighted by molar-refractivity contribution is 5.89. The fourth-order valence-corrected chi connectivity index (χ4v) is 8.95. The molecule has 0 aliphatic carbocycles. The number of carbonyl (C=O) groups is 12. The first-order valence-electron chi connectivity index (χ1n) is 32.1. The van der Waals surface area contributed by atoms with Crippen LogP contribution in [-0.2, 0) is 112 Å². The Kier molecular flexibility index (Phi) is 31.7. The highest BCUT2D eigenvalue weighted by Crippen LogP contribution is 2.20. The molecule has 0 aromatic carbocycles. The Morgan fingerprint density at radius 3 is 1.11 bits per heavy atom. The average Bonchev–Trinajstić information content (AvgIpc) is 1.65. The third-order valence-electron chi connectivity index (χ3n) is 12.4. The lowest BCUT2D eigenvalue weighted by atomic mass is 10.0. The maximum Gasteiger partial charge on any atom is 0.329 e.